The maximum Gasteiger partial charge on any atom is 0.234 e. The van der Waals surface area contributed by atoms with Gasteiger partial charge in [-0.3, -0.25) is 4.79 Å². The maximum absolute atomic E-state index is 11.7. The maximum atomic E-state index is 11.7. The van der Waals surface area contributed by atoms with Crippen LogP contribution >= 0.6 is 34.7 Å². The standard InChI is InChI=1S/C12H11ClN2OS2/c1-8-6-17-12(14-8)18-7-11(16)15-10-4-2-3-9(13)5-10/h2-6H,7H2,1H3,(H,15,16). The van der Waals surface area contributed by atoms with Crippen molar-refractivity contribution in [2.45, 2.75) is 11.3 Å². The highest BCUT2D eigenvalue weighted by Crippen LogP contribution is 2.22. The van der Waals surface area contributed by atoms with Crippen molar-refractivity contribution in [1.29, 1.82) is 0 Å². The van der Waals surface area contributed by atoms with Crippen LogP contribution in [0.15, 0.2) is 34.0 Å². The van der Waals surface area contributed by atoms with Crippen molar-refractivity contribution in [3.63, 3.8) is 0 Å². The molecule has 2 rings (SSSR count). The van der Waals surface area contributed by atoms with Crippen LogP contribution in [-0.2, 0) is 4.79 Å². The van der Waals surface area contributed by atoms with Gasteiger partial charge in [-0.2, -0.15) is 0 Å². The normalized spacial score (nSPS) is 10.3. The number of carbonyl (C=O) groups excluding carboxylic acids is 1. The highest BCUT2D eigenvalue weighted by Gasteiger charge is 2.06. The molecule has 1 heterocycles. The molecule has 2 aromatic rings. The number of thiazole rings is 1. The lowest BCUT2D eigenvalue weighted by Crippen LogP contribution is -2.13. The summed E-state index contributed by atoms with van der Waals surface area (Å²) in [5.41, 5.74) is 1.70. The van der Waals surface area contributed by atoms with E-state index in [4.69, 9.17) is 11.6 Å². The Morgan fingerprint density at radius 2 is 2.39 bits per heavy atom. The van der Waals surface area contributed by atoms with Gasteiger partial charge in [-0.1, -0.05) is 29.4 Å². The van der Waals surface area contributed by atoms with Gasteiger partial charge in [-0.05, 0) is 25.1 Å². The number of anilines is 1. The lowest BCUT2D eigenvalue weighted by Gasteiger charge is -2.04. The van der Waals surface area contributed by atoms with Gasteiger partial charge in [0.2, 0.25) is 5.91 Å². The monoisotopic (exact) mass is 298 g/mol. The second kappa shape index (κ2) is 6.22. The van der Waals surface area contributed by atoms with E-state index in [9.17, 15) is 4.79 Å². The fourth-order valence-electron chi connectivity index (χ4n) is 1.29. The van der Waals surface area contributed by atoms with Crippen LogP contribution in [0.4, 0.5) is 5.69 Å². The van der Waals surface area contributed by atoms with Gasteiger partial charge in [0.15, 0.2) is 4.34 Å². The van der Waals surface area contributed by atoms with Gasteiger partial charge in [-0.15, -0.1) is 11.3 Å². The van der Waals surface area contributed by atoms with E-state index in [0.717, 1.165) is 10.0 Å². The number of hydrogen-bond donors (Lipinski definition) is 1. The predicted octanol–water partition coefficient (Wildman–Crippen LogP) is 3.84. The number of aromatic nitrogens is 1. The van der Waals surface area contributed by atoms with Crippen LogP contribution < -0.4 is 5.32 Å². The Hall–Kier alpha value is -1.04. The van der Waals surface area contributed by atoms with Crippen LogP contribution in [0.25, 0.3) is 0 Å². The van der Waals surface area contributed by atoms with Gasteiger partial charge in [0.05, 0.1) is 5.75 Å². The third-order valence-electron chi connectivity index (χ3n) is 2.03. The SMILES string of the molecule is Cc1csc(SCC(=O)Nc2cccc(Cl)c2)n1. The largest absolute Gasteiger partial charge is 0.325 e. The molecule has 0 aliphatic carbocycles. The molecule has 0 aliphatic rings. The highest BCUT2D eigenvalue weighted by molar-refractivity contribution is 8.01. The molecule has 3 nitrogen and oxygen atoms in total. The predicted molar refractivity (Wildman–Crippen MR) is 77.7 cm³/mol. The molecule has 0 saturated carbocycles. The third-order valence-corrected chi connectivity index (χ3v) is 4.41. The molecule has 1 aromatic carbocycles. The number of thioether (sulfide) groups is 1. The first-order chi connectivity index (χ1) is 8.63. The molecule has 0 atom stereocenters. The average molecular weight is 299 g/mol. The zero-order chi connectivity index (χ0) is 13.0. The molecule has 18 heavy (non-hydrogen) atoms. The highest BCUT2D eigenvalue weighted by atomic mass is 35.5. The number of carbonyl (C=O) groups is 1. The Morgan fingerprint density at radius 3 is 3.06 bits per heavy atom. The van der Waals surface area contributed by atoms with Gasteiger partial charge in [-0.25, -0.2) is 4.98 Å². The molecule has 0 saturated heterocycles. The second-order valence-electron chi connectivity index (χ2n) is 3.60. The molecule has 0 bridgehead atoms. The number of hydrogen-bond acceptors (Lipinski definition) is 4. The molecular weight excluding hydrogens is 288 g/mol. The summed E-state index contributed by atoms with van der Waals surface area (Å²) in [5.74, 6) is 0.287. The van der Waals surface area contributed by atoms with E-state index in [1.165, 1.54) is 11.8 Å². The van der Waals surface area contributed by atoms with Crippen molar-refractivity contribution in [2.24, 2.45) is 0 Å². The summed E-state index contributed by atoms with van der Waals surface area (Å²) in [6.07, 6.45) is 0. The van der Waals surface area contributed by atoms with Gasteiger partial charge in [0, 0.05) is 21.8 Å². The molecule has 1 aromatic heterocycles. The van der Waals surface area contributed by atoms with Crippen molar-refractivity contribution in [1.82, 2.24) is 4.98 Å². The number of halogens is 1. The van der Waals surface area contributed by atoms with Crippen LogP contribution in [0.1, 0.15) is 5.69 Å². The van der Waals surface area contributed by atoms with Gasteiger partial charge in [0.25, 0.3) is 0 Å². The summed E-state index contributed by atoms with van der Waals surface area (Å²) in [7, 11) is 0. The first-order valence-electron chi connectivity index (χ1n) is 5.24. The van der Waals surface area contributed by atoms with Crippen molar-refractivity contribution < 1.29 is 4.79 Å². The summed E-state index contributed by atoms with van der Waals surface area (Å²) in [4.78, 5) is 16.0. The van der Waals surface area contributed by atoms with E-state index in [2.05, 4.69) is 10.3 Å². The Kier molecular flexibility index (Phi) is 4.63. The van der Waals surface area contributed by atoms with E-state index in [1.807, 2.05) is 18.4 Å². The minimum atomic E-state index is -0.0601. The van der Waals surface area contributed by atoms with E-state index in [1.54, 1.807) is 29.5 Å². The van der Waals surface area contributed by atoms with E-state index < -0.39 is 0 Å². The molecule has 1 amide bonds. The number of aryl methyl sites for hydroxylation is 1. The smallest absolute Gasteiger partial charge is 0.234 e. The van der Waals surface area contributed by atoms with Crippen LogP contribution in [0.5, 0.6) is 0 Å². The molecule has 0 radical (unpaired) electrons. The van der Waals surface area contributed by atoms with E-state index in [-0.39, 0.29) is 5.91 Å². The zero-order valence-corrected chi connectivity index (χ0v) is 12.0. The number of nitrogens with zero attached hydrogens (tertiary/aromatic N) is 1. The zero-order valence-electron chi connectivity index (χ0n) is 9.64. The Labute approximate surface area is 119 Å². The minimum absolute atomic E-state index is 0.0601. The van der Waals surface area contributed by atoms with E-state index >= 15 is 0 Å². The number of amides is 1. The number of rotatable bonds is 4. The molecule has 1 N–H and O–H groups in total. The number of nitrogens with one attached hydrogen (secondary N) is 1. The first-order valence-corrected chi connectivity index (χ1v) is 7.48. The summed E-state index contributed by atoms with van der Waals surface area (Å²) in [5, 5.41) is 5.37. The summed E-state index contributed by atoms with van der Waals surface area (Å²) < 4.78 is 0.911. The van der Waals surface area contributed by atoms with Gasteiger partial charge < -0.3 is 5.32 Å². The summed E-state index contributed by atoms with van der Waals surface area (Å²) in [6, 6.07) is 7.10. The van der Waals surface area contributed by atoms with Crippen LogP contribution in [0, 0.1) is 6.92 Å². The lowest BCUT2D eigenvalue weighted by atomic mass is 10.3. The van der Waals surface area contributed by atoms with Crippen LogP contribution in [-0.4, -0.2) is 16.6 Å². The average Bonchev–Trinajstić information content (AvgIpc) is 2.73. The molecule has 0 spiro atoms. The molecule has 6 heteroatoms. The van der Waals surface area contributed by atoms with E-state index in [0.29, 0.717) is 16.5 Å². The minimum Gasteiger partial charge on any atom is -0.325 e. The number of benzene rings is 1. The van der Waals surface area contributed by atoms with Gasteiger partial charge in [0.1, 0.15) is 0 Å². The topological polar surface area (TPSA) is 42.0 Å². The second-order valence-corrected chi connectivity index (χ2v) is 6.12. The lowest BCUT2D eigenvalue weighted by molar-refractivity contribution is -0.113. The summed E-state index contributed by atoms with van der Waals surface area (Å²) in [6.45, 7) is 1.94. The van der Waals surface area contributed by atoms with Crippen LogP contribution in [0.2, 0.25) is 5.02 Å². The van der Waals surface area contributed by atoms with Gasteiger partial charge >= 0.3 is 0 Å². The fraction of sp³-hybridized carbons (Fsp3) is 0.167. The molecule has 0 fully saturated rings. The van der Waals surface area contributed by atoms with Crippen molar-refractivity contribution in [2.75, 3.05) is 11.1 Å². The van der Waals surface area contributed by atoms with Crippen molar-refractivity contribution >= 4 is 46.3 Å². The molecule has 94 valence electrons. The molecular formula is C12H11ClN2OS2. The molecule has 0 aliphatic heterocycles. The summed E-state index contributed by atoms with van der Waals surface area (Å²) >= 11 is 8.83. The Balaban J connectivity index is 1.85. The quantitative estimate of drug-likeness (QED) is 0.872. The van der Waals surface area contributed by atoms with Crippen molar-refractivity contribution in [3.8, 4) is 0 Å². The van der Waals surface area contributed by atoms with Crippen LogP contribution in [0.3, 0.4) is 0 Å². The Bertz CT molecular complexity index is 557. The fourth-order valence-corrected chi connectivity index (χ4v) is 3.13. The third kappa shape index (κ3) is 4.01. The van der Waals surface area contributed by atoms with Crippen molar-refractivity contribution in [3.05, 3.63) is 40.4 Å². The first kappa shape index (κ1) is 13.4. The Morgan fingerprint density at radius 1 is 1.56 bits per heavy atom. The molecule has 0 unspecified atom stereocenters.